The molecule has 0 aromatic heterocycles. The van der Waals surface area contributed by atoms with Gasteiger partial charge in [0.15, 0.2) is 15.8 Å². The van der Waals surface area contributed by atoms with Gasteiger partial charge in [0.1, 0.15) is 0 Å². The second-order valence-electron chi connectivity index (χ2n) is 6.29. The molecule has 1 aromatic rings. The Hall–Kier alpha value is -0.870. The molecule has 0 heterocycles. The number of likely N-dealkylation sites (N-methyl/N-ethyl adjacent to an activating group) is 1. The lowest BCUT2D eigenvalue weighted by atomic mass is 10.1. The smallest absolute Gasteiger partial charge is 0.191 e. The number of halogens is 1. The van der Waals surface area contributed by atoms with Gasteiger partial charge in [-0.25, -0.2) is 8.42 Å². The molecule has 0 atom stereocenters. The highest BCUT2D eigenvalue weighted by molar-refractivity contribution is 14.0. The first kappa shape index (κ1) is 26.1. The molecule has 8 heteroatoms. The number of hydrogen-bond donors (Lipinski definition) is 2. The summed E-state index contributed by atoms with van der Waals surface area (Å²) in [6.07, 6.45) is 3.20. The lowest BCUT2D eigenvalue weighted by Gasteiger charge is -2.18. The number of rotatable bonds is 11. The molecule has 0 bridgehead atoms. The zero-order valence-corrected chi connectivity index (χ0v) is 20.1. The van der Waals surface area contributed by atoms with E-state index in [1.807, 2.05) is 12.1 Å². The molecule has 0 aliphatic rings. The van der Waals surface area contributed by atoms with E-state index in [2.05, 4.69) is 41.3 Å². The number of guanidine groups is 1. The Labute approximate surface area is 182 Å². The highest BCUT2D eigenvalue weighted by atomic mass is 127. The minimum absolute atomic E-state index is 0. The number of hydrogen-bond acceptors (Lipinski definition) is 4. The predicted octanol–water partition coefficient (Wildman–Crippen LogP) is 2.54. The average molecular weight is 510 g/mol. The maximum atomic E-state index is 11.5. The van der Waals surface area contributed by atoms with Crippen molar-refractivity contribution >= 4 is 39.8 Å². The lowest BCUT2D eigenvalue weighted by Crippen LogP contribution is -2.39. The molecular formula is C19H35IN4O2S. The van der Waals surface area contributed by atoms with E-state index in [0.717, 1.165) is 63.6 Å². The summed E-state index contributed by atoms with van der Waals surface area (Å²) in [5.41, 5.74) is 1.10. The van der Waals surface area contributed by atoms with Crippen molar-refractivity contribution in [1.82, 2.24) is 15.5 Å². The minimum atomic E-state index is -3.13. The van der Waals surface area contributed by atoms with Crippen molar-refractivity contribution in [2.24, 2.45) is 4.99 Å². The fourth-order valence-electron chi connectivity index (χ4n) is 2.62. The standard InChI is InChI=1S/C19H34N4O2S.HI/c1-5-15-23(7-3)16-14-22-19(20-6-2)21-13-12-17-8-10-18(11-9-17)26(4,24)25;/h8-11H,5-7,12-16H2,1-4H3,(H2,20,21,22);1H. The van der Waals surface area contributed by atoms with Crippen molar-refractivity contribution in [3.05, 3.63) is 29.8 Å². The van der Waals surface area contributed by atoms with Crippen LogP contribution in [0.3, 0.4) is 0 Å². The summed E-state index contributed by atoms with van der Waals surface area (Å²) in [4.78, 5) is 7.39. The van der Waals surface area contributed by atoms with Crippen LogP contribution in [0.4, 0.5) is 0 Å². The molecule has 0 fully saturated rings. The molecule has 0 spiro atoms. The van der Waals surface area contributed by atoms with Gasteiger partial charge in [-0.3, -0.25) is 4.99 Å². The molecule has 0 unspecified atom stereocenters. The van der Waals surface area contributed by atoms with Crippen LogP contribution in [0.15, 0.2) is 34.2 Å². The Morgan fingerprint density at radius 2 is 1.74 bits per heavy atom. The van der Waals surface area contributed by atoms with E-state index < -0.39 is 9.84 Å². The molecule has 0 aliphatic heterocycles. The van der Waals surface area contributed by atoms with Crippen LogP contribution >= 0.6 is 24.0 Å². The first-order chi connectivity index (χ1) is 12.4. The Morgan fingerprint density at radius 1 is 1.07 bits per heavy atom. The average Bonchev–Trinajstić information content (AvgIpc) is 2.60. The van der Waals surface area contributed by atoms with Crippen LogP contribution in [0.5, 0.6) is 0 Å². The molecule has 156 valence electrons. The molecule has 0 amide bonds. The Bertz CT molecular complexity index is 648. The summed E-state index contributed by atoms with van der Waals surface area (Å²) in [6, 6.07) is 7.06. The van der Waals surface area contributed by atoms with Gasteiger partial charge in [0.25, 0.3) is 0 Å². The van der Waals surface area contributed by atoms with Crippen molar-refractivity contribution in [3.8, 4) is 0 Å². The van der Waals surface area contributed by atoms with Crippen LogP contribution in [0, 0.1) is 0 Å². The minimum Gasteiger partial charge on any atom is -0.357 e. The monoisotopic (exact) mass is 510 g/mol. The molecule has 0 saturated heterocycles. The fraction of sp³-hybridized carbons (Fsp3) is 0.632. The highest BCUT2D eigenvalue weighted by Crippen LogP contribution is 2.10. The maximum absolute atomic E-state index is 11.5. The number of nitrogens with one attached hydrogen (secondary N) is 2. The Morgan fingerprint density at radius 3 is 2.26 bits per heavy atom. The van der Waals surface area contributed by atoms with Crippen molar-refractivity contribution in [3.63, 3.8) is 0 Å². The van der Waals surface area contributed by atoms with E-state index in [-0.39, 0.29) is 24.0 Å². The molecule has 0 saturated carbocycles. The summed E-state index contributed by atoms with van der Waals surface area (Å²) < 4.78 is 23.0. The summed E-state index contributed by atoms with van der Waals surface area (Å²) in [5.74, 6) is 0.827. The summed E-state index contributed by atoms with van der Waals surface area (Å²) in [7, 11) is -3.13. The first-order valence-corrected chi connectivity index (χ1v) is 11.3. The van der Waals surface area contributed by atoms with Crippen LogP contribution in [0.1, 0.15) is 32.8 Å². The number of benzene rings is 1. The van der Waals surface area contributed by atoms with Gasteiger partial charge >= 0.3 is 0 Å². The largest absolute Gasteiger partial charge is 0.357 e. The van der Waals surface area contributed by atoms with Gasteiger partial charge in [-0.2, -0.15) is 0 Å². The highest BCUT2D eigenvalue weighted by Gasteiger charge is 2.06. The molecule has 27 heavy (non-hydrogen) atoms. The van der Waals surface area contributed by atoms with E-state index in [0.29, 0.717) is 4.90 Å². The van der Waals surface area contributed by atoms with E-state index >= 15 is 0 Å². The quantitative estimate of drug-likeness (QED) is 0.272. The van der Waals surface area contributed by atoms with E-state index in [4.69, 9.17) is 0 Å². The van der Waals surface area contributed by atoms with Crippen molar-refractivity contribution in [2.75, 3.05) is 45.5 Å². The first-order valence-electron chi connectivity index (χ1n) is 9.44. The normalized spacial score (nSPS) is 12.0. The predicted molar refractivity (Wildman–Crippen MR) is 125 cm³/mol. The third-order valence-corrected chi connectivity index (χ3v) is 5.20. The van der Waals surface area contributed by atoms with Gasteiger partial charge < -0.3 is 15.5 Å². The Balaban J connectivity index is 0.00000676. The summed E-state index contributed by atoms with van der Waals surface area (Å²) in [6.45, 7) is 11.9. The third-order valence-electron chi connectivity index (χ3n) is 4.08. The lowest BCUT2D eigenvalue weighted by molar-refractivity contribution is 0.297. The van der Waals surface area contributed by atoms with Crippen LogP contribution < -0.4 is 10.6 Å². The van der Waals surface area contributed by atoms with Gasteiger partial charge in [-0.15, -0.1) is 24.0 Å². The van der Waals surface area contributed by atoms with Gasteiger partial charge in [0, 0.05) is 25.9 Å². The number of nitrogens with zero attached hydrogens (tertiary/aromatic N) is 2. The van der Waals surface area contributed by atoms with Gasteiger partial charge in [-0.1, -0.05) is 26.0 Å². The third kappa shape index (κ3) is 10.9. The summed E-state index contributed by atoms with van der Waals surface area (Å²) in [5, 5.41) is 6.60. The molecule has 6 nitrogen and oxygen atoms in total. The molecular weight excluding hydrogens is 475 g/mol. The molecule has 2 N–H and O–H groups in total. The van der Waals surface area contributed by atoms with Gasteiger partial charge in [-0.05, 0) is 50.6 Å². The fourth-order valence-corrected chi connectivity index (χ4v) is 3.25. The zero-order valence-electron chi connectivity index (χ0n) is 17.0. The zero-order chi connectivity index (χ0) is 19.4. The molecule has 0 radical (unpaired) electrons. The second kappa shape index (κ2) is 14.2. The number of aliphatic imine (C=N–C) groups is 1. The van der Waals surface area contributed by atoms with E-state index in [9.17, 15) is 8.42 Å². The van der Waals surface area contributed by atoms with E-state index in [1.165, 1.54) is 6.26 Å². The maximum Gasteiger partial charge on any atom is 0.191 e. The van der Waals surface area contributed by atoms with Crippen LogP contribution in [0.2, 0.25) is 0 Å². The SMILES string of the molecule is CCCN(CC)CCN=C(NCC)NCCc1ccc(S(C)(=O)=O)cc1.I. The van der Waals surface area contributed by atoms with Gasteiger partial charge in [0.05, 0.1) is 11.4 Å². The van der Waals surface area contributed by atoms with E-state index in [1.54, 1.807) is 12.1 Å². The summed E-state index contributed by atoms with van der Waals surface area (Å²) >= 11 is 0. The van der Waals surface area contributed by atoms with Crippen molar-refractivity contribution in [1.29, 1.82) is 0 Å². The second-order valence-corrected chi connectivity index (χ2v) is 8.30. The van der Waals surface area contributed by atoms with Crippen molar-refractivity contribution in [2.45, 2.75) is 38.5 Å². The van der Waals surface area contributed by atoms with Gasteiger partial charge in [0.2, 0.25) is 0 Å². The van der Waals surface area contributed by atoms with Crippen LogP contribution in [0.25, 0.3) is 0 Å². The molecule has 1 rings (SSSR count). The van der Waals surface area contributed by atoms with Crippen molar-refractivity contribution < 1.29 is 8.42 Å². The van der Waals surface area contributed by atoms with Crippen LogP contribution in [-0.2, 0) is 16.3 Å². The number of sulfone groups is 1. The van der Waals surface area contributed by atoms with Crippen LogP contribution in [-0.4, -0.2) is 64.8 Å². The topological polar surface area (TPSA) is 73.8 Å². The molecule has 1 aromatic carbocycles. The molecule has 0 aliphatic carbocycles. The Kier molecular flexibility index (Phi) is 13.7.